The van der Waals surface area contributed by atoms with Gasteiger partial charge in [-0.2, -0.15) is 0 Å². The maximum absolute atomic E-state index is 6.14. The fraction of sp³-hybridized carbons (Fsp3) is 0.500. The van der Waals surface area contributed by atoms with E-state index < -0.39 is 0 Å². The van der Waals surface area contributed by atoms with Crippen molar-refractivity contribution in [3.63, 3.8) is 0 Å². The average Bonchev–Trinajstić information content (AvgIpc) is 2.26. The van der Waals surface area contributed by atoms with Crippen LogP contribution in [0.25, 0.3) is 0 Å². The first-order chi connectivity index (χ1) is 7.17. The van der Waals surface area contributed by atoms with Crippen molar-refractivity contribution in [3.05, 3.63) is 28.8 Å². The summed E-state index contributed by atoms with van der Waals surface area (Å²) in [5, 5.41) is 0.791. The van der Waals surface area contributed by atoms with E-state index in [1.165, 1.54) is 5.56 Å². The molecule has 1 rings (SSSR count). The summed E-state index contributed by atoms with van der Waals surface area (Å²) in [5.74, 6) is 0.813. The van der Waals surface area contributed by atoms with Gasteiger partial charge in [-0.15, -0.1) is 0 Å². The van der Waals surface area contributed by atoms with Gasteiger partial charge in [0.1, 0.15) is 5.75 Å². The summed E-state index contributed by atoms with van der Waals surface area (Å²) >= 11 is 6.14. The Hall–Kier alpha value is -0.730. The molecule has 0 aliphatic rings. The van der Waals surface area contributed by atoms with E-state index in [4.69, 9.17) is 16.3 Å². The SMILES string of the molecule is CCN(C)CCc1ccc(OC)cc1Cl. The third-order valence-corrected chi connectivity index (χ3v) is 2.91. The van der Waals surface area contributed by atoms with Crippen LogP contribution in [0.4, 0.5) is 0 Å². The highest BCUT2D eigenvalue weighted by atomic mass is 35.5. The van der Waals surface area contributed by atoms with Gasteiger partial charge in [0, 0.05) is 11.6 Å². The molecule has 0 N–H and O–H groups in total. The fourth-order valence-corrected chi connectivity index (χ4v) is 1.59. The van der Waals surface area contributed by atoms with Gasteiger partial charge in [0.15, 0.2) is 0 Å². The Morgan fingerprint density at radius 3 is 2.67 bits per heavy atom. The number of benzene rings is 1. The van der Waals surface area contributed by atoms with Gasteiger partial charge in [-0.1, -0.05) is 24.6 Å². The molecule has 84 valence electrons. The lowest BCUT2D eigenvalue weighted by Gasteiger charge is -2.14. The van der Waals surface area contributed by atoms with Crippen LogP contribution in [0.1, 0.15) is 12.5 Å². The summed E-state index contributed by atoms with van der Waals surface area (Å²) in [6.45, 7) is 4.24. The monoisotopic (exact) mass is 227 g/mol. The second kappa shape index (κ2) is 5.99. The summed E-state index contributed by atoms with van der Waals surface area (Å²) < 4.78 is 5.10. The largest absolute Gasteiger partial charge is 0.497 e. The van der Waals surface area contributed by atoms with Crippen LogP contribution >= 0.6 is 11.6 Å². The van der Waals surface area contributed by atoms with Crippen LogP contribution in [0.3, 0.4) is 0 Å². The Labute approximate surface area is 96.8 Å². The van der Waals surface area contributed by atoms with Crippen molar-refractivity contribution >= 4 is 11.6 Å². The molecule has 0 spiro atoms. The van der Waals surface area contributed by atoms with Gasteiger partial charge in [0.05, 0.1) is 7.11 Å². The molecule has 0 saturated heterocycles. The van der Waals surface area contributed by atoms with E-state index in [-0.39, 0.29) is 0 Å². The molecule has 2 nitrogen and oxygen atoms in total. The average molecular weight is 228 g/mol. The summed E-state index contributed by atoms with van der Waals surface area (Å²) in [5.41, 5.74) is 1.18. The molecule has 0 aliphatic carbocycles. The molecule has 0 atom stereocenters. The van der Waals surface area contributed by atoms with Crippen LogP contribution in [-0.2, 0) is 6.42 Å². The smallest absolute Gasteiger partial charge is 0.120 e. The lowest BCUT2D eigenvalue weighted by Crippen LogP contribution is -2.20. The second-order valence-electron chi connectivity index (χ2n) is 3.60. The lowest BCUT2D eigenvalue weighted by molar-refractivity contribution is 0.357. The van der Waals surface area contributed by atoms with E-state index in [2.05, 4.69) is 18.9 Å². The first kappa shape index (κ1) is 12.3. The minimum absolute atomic E-state index is 0.791. The number of likely N-dealkylation sites (N-methyl/N-ethyl adjacent to an activating group) is 1. The van der Waals surface area contributed by atoms with Crippen LogP contribution in [0, 0.1) is 0 Å². The predicted molar refractivity (Wildman–Crippen MR) is 64.9 cm³/mol. The Kier molecular flexibility index (Phi) is 4.92. The van der Waals surface area contributed by atoms with E-state index in [0.29, 0.717) is 0 Å². The van der Waals surface area contributed by atoms with E-state index in [1.54, 1.807) is 7.11 Å². The molecule has 0 unspecified atom stereocenters. The molecule has 0 aromatic heterocycles. The molecule has 0 bridgehead atoms. The zero-order valence-electron chi connectivity index (χ0n) is 9.59. The number of hydrogen-bond acceptors (Lipinski definition) is 2. The van der Waals surface area contributed by atoms with Crippen LogP contribution in [0.2, 0.25) is 5.02 Å². The Morgan fingerprint density at radius 1 is 1.40 bits per heavy atom. The van der Waals surface area contributed by atoms with Crippen LogP contribution in [-0.4, -0.2) is 32.1 Å². The molecule has 0 radical (unpaired) electrons. The van der Waals surface area contributed by atoms with Gasteiger partial charge in [-0.05, 0) is 37.7 Å². The van der Waals surface area contributed by atoms with Crippen LogP contribution in [0.5, 0.6) is 5.75 Å². The van der Waals surface area contributed by atoms with E-state index in [0.717, 1.165) is 30.3 Å². The zero-order valence-corrected chi connectivity index (χ0v) is 10.3. The minimum Gasteiger partial charge on any atom is -0.497 e. The molecule has 1 aromatic rings. The maximum atomic E-state index is 6.14. The fourth-order valence-electron chi connectivity index (χ4n) is 1.33. The van der Waals surface area contributed by atoms with Gasteiger partial charge in [0.25, 0.3) is 0 Å². The van der Waals surface area contributed by atoms with Gasteiger partial charge >= 0.3 is 0 Å². The van der Waals surface area contributed by atoms with Crippen molar-refractivity contribution < 1.29 is 4.74 Å². The zero-order chi connectivity index (χ0) is 11.3. The highest BCUT2D eigenvalue weighted by Gasteiger charge is 2.03. The number of methoxy groups -OCH3 is 1. The first-order valence-electron chi connectivity index (χ1n) is 5.18. The summed E-state index contributed by atoms with van der Waals surface area (Å²) in [4.78, 5) is 2.26. The third kappa shape index (κ3) is 3.73. The molecule has 0 saturated carbocycles. The summed E-state index contributed by atoms with van der Waals surface area (Å²) in [6, 6.07) is 5.85. The third-order valence-electron chi connectivity index (χ3n) is 2.56. The molecule has 0 amide bonds. The Balaban J connectivity index is 2.62. The molecule has 3 heteroatoms. The van der Waals surface area contributed by atoms with Crippen LogP contribution in [0.15, 0.2) is 18.2 Å². The quantitative estimate of drug-likeness (QED) is 0.767. The molecular formula is C12H18ClNO. The first-order valence-corrected chi connectivity index (χ1v) is 5.56. The Morgan fingerprint density at radius 2 is 2.13 bits per heavy atom. The molecule has 15 heavy (non-hydrogen) atoms. The molecule has 1 aromatic carbocycles. The van der Waals surface area contributed by atoms with E-state index >= 15 is 0 Å². The molecule has 0 fully saturated rings. The van der Waals surface area contributed by atoms with Crippen molar-refractivity contribution in [1.82, 2.24) is 4.90 Å². The number of nitrogens with zero attached hydrogens (tertiary/aromatic N) is 1. The van der Waals surface area contributed by atoms with Crippen molar-refractivity contribution in [2.45, 2.75) is 13.3 Å². The molecule has 0 heterocycles. The van der Waals surface area contributed by atoms with Crippen molar-refractivity contribution in [1.29, 1.82) is 0 Å². The Bertz CT molecular complexity index is 314. The number of halogens is 1. The van der Waals surface area contributed by atoms with Crippen molar-refractivity contribution in [2.75, 3.05) is 27.2 Å². The highest BCUT2D eigenvalue weighted by Crippen LogP contribution is 2.22. The number of hydrogen-bond donors (Lipinski definition) is 0. The van der Waals surface area contributed by atoms with Gasteiger partial charge in [-0.25, -0.2) is 0 Å². The molecule has 0 aliphatic heterocycles. The normalized spacial score (nSPS) is 10.7. The maximum Gasteiger partial charge on any atom is 0.120 e. The number of ether oxygens (including phenoxy) is 1. The van der Waals surface area contributed by atoms with E-state index in [9.17, 15) is 0 Å². The topological polar surface area (TPSA) is 12.5 Å². The lowest BCUT2D eigenvalue weighted by atomic mass is 10.1. The van der Waals surface area contributed by atoms with Gasteiger partial charge in [-0.3, -0.25) is 0 Å². The molecular weight excluding hydrogens is 210 g/mol. The predicted octanol–water partition coefficient (Wildman–Crippen LogP) is 2.84. The van der Waals surface area contributed by atoms with E-state index in [1.807, 2.05) is 18.2 Å². The standard InChI is InChI=1S/C12H18ClNO/c1-4-14(2)8-7-10-5-6-11(15-3)9-12(10)13/h5-6,9H,4,7-8H2,1-3H3. The highest BCUT2D eigenvalue weighted by molar-refractivity contribution is 6.31. The van der Waals surface area contributed by atoms with Crippen molar-refractivity contribution in [3.8, 4) is 5.75 Å². The van der Waals surface area contributed by atoms with Crippen molar-refractivity contribution in [2.24, 2.45) is 0 Å². The minimum atomic E-state index is 0.791. The summed E-state index contributed by atoms with van der Waals surface area (Å²) in [7, 11) is 3.76. The van der Waals surface area contributed by atoms with Gasteiger partial charge < -0.3 is 9.64 Å². The van der Waals surface area contributed by atoms with Crippen LogP contribution < -0.4 is 4.74 Å². The second-order valence-corrected chi connectivity index (χ2v) is 4.01. The number of rotatable bonds is 5. The van der Waals surface area contributed by atoms with Gasteiger partial charge in [0.2, 0.25) is 0 Å². The summed E-state index contributed by atoms with van der Waals surface area (Å²) in [6.07, 6.45) is 0.979.